The van der Waals surface area contributed by atoms with E-state index in [-0.39, 0.29) is 36.1 Å². The Morgan fingerprint density at radius 1 is 1.19 bits per heavy atom. The highest BCUT2D eigenvalue weighted by Gasteiger charge is 2.30. The molecule has 3 rings (SSSR count). The van der Waals surface area contributed by atoms with Crippen LogP contribution in [0.25, 0.3) is 0 Å². The maximum absolute atomic E-state index is 12.4. The molecule has 26 heavy (non-hydrogen) atoms. The Kier molecular flexibility index (Phi) is 6.04. The van der Waals surface area contributed by atoms with E-state index in [9.17, 15) is 14.4 Å². The van der Waals surface area contributed by atoms with E-state index in [2.05, 4.69) is 15.5 Å². The van der Waals surface area contributed by atoms with Gasteiger partial charge in [0.05, 0.1) is 5.92 Å². The summed E-state index contributed by atoms with van der Waals surface area (Å²) in [5.74, 6) is -0.788. The zero-order valence-electron chi connectivity index (χ0n) is 15.3. The molecule has 0 spiro atoms. The monoisotopic (exact) mass is 357 g/mol. The smallest absolute Gasteiger partial charge is 0.251 e. The van der Waals surface area contributed by atoms with E-state index in [1.165, 1.54) is 19.3 Å². The number of nitrogens with one attached hydrogen (secondary N) is 2. The molecule has 2 atom stereocenters. The van der Waals surface area contributed by atoms with Crippen LogP contribution in [-0.2, 0) is 16.0 Å². The first-order valence-corrected chi connectivity index (χ1v) is 9.47. The van der Waals surface area contributed by atoms with Gasteiger partial charge in [-0.1, -0.05) is 18.6 Å². The lowest BCUT2D eigenvalue weighted by Gasteiger charge is -2.29. The summed E-state index contributed by atoms with van der Waals surface area (Å²) in [5.41, 5.74) is 1.57. The number of hydrogen-bond donors (Lipinski definition) is 2. The Labute approximate surface area is 154 Å². The molecule has 2 N–H and O–H groups in total. The van der Waals surface area contributed by atoms with Crippen molar-refractivity contribution in [3.63, 3.8) is 0 Å². The lowest BCUT2D eigenvalue weighted by molar-refractivity contribution is -0.125. The van der Waals surface area contributed by atoms with Crippen LogP contribution in [0.2, 0.25) is 0 Å². The molecule has 2 unspecified atom stereocenters. The number of nitrogens with zero attached hydrogens (tertiary/aromatic N) is 1. The van der Waals surface area contributed by atoms with E-state index in [0.29, 0.717) is 12.0 Å². The van der Waals surface area contributed by atoms with Gasteiger partial charge in [0, 0.05) is 24.6 Å². The van der Waals surface area contributed by atoms with Crippen molar-refractivity contribution in [3.05, 3.63) is 35.4 Å². The third kappa shape index (κ3) is 4.91. The number of carbonyl (C=O) groups is 3. The third-order valence-electron chi connectivity index (χ3n) is 5.12. The summed E-state index contributed by atoms with van der Waals surface area (Å²) in [6.07, 6.45) is 4.56. The summed E-state index contributed by atoms with van der Waals surface area (Å²) in [5, 5.41) is 5.39. The van der Waals surface area contributed by atoms with Gasteiger partial charge < -0.3 is 10.2 Å². The number of carbonyl (C=O) groups excluding carboxylic acids is 3. The second-order valence-electron chi connectivity index (χ2n) is 7.45. The molecule has 0 saturated carbocycles. The lowest BCUT2D eigenvalue weighted by Crippen LogP contribution is -2.43. The Balaban J connectivity index is 1.50. The van der Waals surface area contributed by atoms with Gasteiger partial charge in [0.25, 0.3) is 5.91 Å². The van der Waals surface area contributed by atoms with E-state index in [1.807, 2.05) is 19.1 Å². The average Bonchev–Trinajstić information content (AvgIpc) is 2.93. The minimum Gasteiger partial charge on any atom is -0.348 e. The molecule has 2 saturated heterocycles. The van der Waals surface area contributed by atoms with E-state index in [1.54, 1.807) is 12.1 Å². The van der Waals surface area contributed by atoms with Crippen molar-refractivity contribution in [2.24, 2.45) is 5.92 Å². The fraction of sp³-hybridized carbons (Fsp3) is 0.550. The Morgan fingerprint density at radius 3 is 2.50 bits per heavy atom. The molecule has 6 nitrogen and oxygen atoms in total. The van der Waals surface area contributed by atoms with Crippen LogP contribution in [0.1, 0.15) is 48.5 Å². The molecule has 2 fully saturated rings. The zero-order valence-corrected chi connectivity index (χ0v) is 15.3. The van der Waals surface area contributed by atoms with Crippen LogP contribution in [0.4, 0.5) is 0 Å². The van der Waals surface area contributed by atoms with Crippen LogP contribution in [0.5, 0.6) is 0 Å². The van der Waals surface area contributed by atoms with Gasteiger partial charge in [0.2, 0.25) is 11.8 Å². The quantitative estimate of drug-likeness (QED) is 0.756. The second kappa shape index (κ2) is 8.45. The first-order chi connectivity index (χ1) is 12.5. The van der Waals surface area contributed by atoms with Gasteiger partial charge in [-0.2, -0.15) is 0 Å². The minimum absolute atomic E-state index is 0.0742. The maximum Gasteiger partial charge on any atom is 0.251 e. The number of likely N-dealkylation sites (tertiary alicyclic amines) is 1. The van der Waals surface area contributed by atoms with Gasteiger partial charge >= 0.3 is 0 Å². The highest BCUT2D eigenvalue weighted by molar-refractivity contribution is 6.03. The Bertz CT molecular complexity index is 665. The average molecular weight is 357 g/mol. The van der Waals surface area contributed by atoms with Gasteiger partial charge in [0.1, 0.15) is 0 Å². The van der Waals surface area contributed by atoms with Crippen LogP contribution in [0.15, 0.2) is 24.3 Å². The molecule has 1 aromatic carbocycles. The predicted octanol–water partition coefficient (Wildman–Crippen LogP) is 1.50. The molecular formula is C20H27N3O3. The molecular weight excluding hydrogens is 330 g/mol. The van der Waals surface area contributed by atoms with E-state index >= 15 is 0 Å². The van der Waals surface area contributed by atoms with E-state index < -0.39 is 0 Å². The highest BCUT2D eigenvalue weighted by atomic mass is 16.2. The van der Waals surface area contributed by atoms with Crippen molar-refractivity contribution in [3.8, 4) is 0 Å². The van der Waals surface area contributed by atoms with Crippen molar-refractivity contribution in [1.29, 1.82) is 0 Å². The molecule has 2 aliphatic heterocycles. The van der Waals surface area contributed by atoms with Crippen LogP contribution in [0, 0.1) is 5.92 Å². The first-order valence-electron chi connectivity index (χ1n) is 9.47. The number of hydrogen-bond acceptors (Lipinski definition) is 4. The summed E-state index contributed by atoms with van der Waals surface area (Å²) in [4.78, 5) is 37.7. The lowest BCUT2D eigenvalue weighted by atomic mass is 9.97. The van der Waals surface area contributed by atoms with Gasteiger partial charge in [-0.3, -0.25) is 19.7 Å². The Morgan fingerprint density at radius 2 is 1.88 bits per heavy atom. The summed E-state index contributed by atoms with van der Waals surface area (Å²) in [7, 11) is 0. The number of benzene rings is 1. The van der Waals surface area contributed by atoms with Gasteiger partial charge in [-0.15, -0.1) is 0 Å². The van der Waals surface area contributed by atoms with Crippen LogP contribution >= 0.6 is 0 Å². The third-order valence-corrected chi connectivity index (χ3v) is 5.12. The molecule has 140 valence electrons. The van der Waals surface area contributed by atoms with Crippen molar-refractivity contribution >= 4 is 17.7 Å². The Hall–Kier alpha value is -2.21. The van der Waals surface area contributed by atoms with Crippen molar-refractivity contribution in [2.75, 3.05) is 19.6 Å². The molecule has 6 heteroatoms. The molecule has 2 aliphatic rings. The van der Waals surface area contributed by atoms with Gasteiger partial charge in [-0.25, -0.2) is 0 Å². The number of piperidine rings is 1. The predicted molar refractivity (Wildman–Crippen MR) is 98.6 cm³/mol. The maximum atomic E-state index is 12.4. The molecule has 2 heterocycles. The molecule has 3 amide bonds. The van der Waals surface area contributed by atoms with E-state index in [4.69, 9.17) is 0 Å². The molecule has 0 bridgehead atoms. The van der Waals surface area contributed by atoms with Gasteiger partial charge in [-0.05, 0) is 57.0 Å². The van der Waals surface area contributed by atoms with Crippen molar-refractivity contribution in [1.82, 2.24) is 15.5 Å². The van der Waals surface area contributed by atoms with Crippen LogP contribution in [-0.4, -0.2) is 48.3 Å². The summed E-state index contributed by atoms with van der Waals surface area (Å²) in [6.45, 7) is 5.16. The largest absolute Gasteiger partial charge is 0.348 e. The molecule has 1 aromatic rings. The number of imide groups is 1. The molecule has 0 aromatic heterocycles. The topological polar surface area (TPSA) is 78.5 Å². The molecule has 0 aliphatic carbocycles. The second-order valence-corrected chi connectivity index (χ2v) is 7.45. The number of rotatable bonds is 6. The number of amides is 3. The summed E-state index contributed by atoms with van der Waals surface area (Å²) >= 11 is 0. The normalized spacial score (nSPS) is 22.1. The van der Waals surface area contributed by atoms with Crippen molar-refractivity contribution < 1.29 is 14.4 Å². The van der Waals surface area contributed by atoms with E-state index in [0.717, 1.165) is 25.2 Å². The van der Waals surface area contributed by atoms with Crippen LogP contribution < -0.4 is 10.6 Å². The molecule has 0 radical (unpaired) electrons. The fourth-order valence-corrected chi connectivity index (χ4v) is 3.73. The zero-order chi connectivity index (χ0) is 18.5. The minimum atomic E-state index is -0.299. The fourth-order valence-electron chi connectivity index (χ4n) is 3.73. The first kappa shape index (κ1) is 18.6. The van der Waals surface area contributed by atoms with Crippen LogP contribution in [0.3, 0.4) is 0 Å². The van der Waals surface area contributed by atoms with Gasteiger partial charge in [0.15, 0.2) is 0 Å². The standard InChI is InChI=1S/C20H27N3O3/c1-14(13-23-9-3-2-4-10-23)21-19(25)16-7-5-15(6-8-16)11-17-12-18(24)22-20(17)26/h5-8,14,17H,2-4,9-13H2,1H3,(H,21,25)(H,22,24,26). The summed E-state index contributed by atoms with van der Waals surface area (Å²) in [6, 6.07) is 7.40. The summed E-state index contributed by atoms with van der Waals surface area (Å²) < 4.78 is 0. The highest BCUT2D eigenvalue weighted by Crippen LogP contribution is 2.18. The SMILES string of the molecule is CC(CN1CCCCC1)NC(=O)c1ccc(CC2CC(=O)NC2=O)cc1. The van der Waals surface area contributed by atoms with Crippen molar-refractivity contribution in [2.45, 2.75) is 45.1 Å².